The van der Waals surface area contributed by atoms with Crippen LogP contribution in [0.2, 0.25) is 0 Å². The highest BCUT2D eigenvalue weighted by Crippen LogP contribution is 2.30. The highest BCUT2D eigenvalue weighted by Gasteiger charge is 2.46. The van der Waals surface area contributed by atoms with Gasteiger partial charge in [-0.25, -0.2) is 0 Å². The molecule has 0 aliphatic carbocycles. The van der Waals surface area contributed by atoms with E-state index < -0.39 is 6.10 Å². The van der Waals surface area contributed by atoms with Crippen LogP contribution >= 0.6 is 0 Å². The fraction of sp³-hybridized carbons (Fsp3) is 1.00. The van der Waals surface area contributed by atoms with Crippen molar-refractivity contribution in [2.45, 2.75) is 18.3 Å². The zero-order valence-electron chi connectivity index (χ0n) is 6.14. The summed E-state index contributed by atoms with van der Waals surface area (Å²) in [6.45, 7) is 0.919. The zero-order chi connectivity index (χ0) is 7.84. The second kappa shape index (κ2) is 2.71. The second-order valence-corrected chi connectivity index (χ2v) is 3.11. The Bertz CT molecular complexity index is 149. The monoisotopic (exact) mass is 160 g/mol. The summed E-state index contributed by atoms with van der Waals surface area (Å²) in [6, 6.07) is 0. The summed E-state index contributed by atoms with van der Waals surface area (Å²) in [7, 11) is 0. The lowest BCUT2D eigenvalue weighted by Crippen LogP contribution is -2.29. The molecule has 2 saturated heterocycles. The first-order chi connectivity index (χ1) is 5.33. The number of fused-ring (bicyclic) bond motifs is 1. The van der Waals surface area contributed by atoms with Crippen molar-refractivity contribution in [2.24, 2.45) is 5.92 Å². The standard InChI is InChI=1S/C7H12O4/c8-1-4-2-10-7-5(9)3-11-6(4)7/h4-9H,1-3H2/t4?,5-,6-,7-/m1/s1. The molecule has 4 heteroatoms. The molecule has 4 atom stereocenters. The third-order valence-corrected chi connectivity index (χ3v) is 2.36. The molecule has 1 unspecified atom stereocenters. The van der Waals surface area contributed by atoms with Crippen molar-refractivity contribution >= 4 is 0 Å². The molecule has 0 bridgehead atoms. The van der Waals surface area contributed by atoms with Crippen LogP contribution in [0.15, 0.2) is 0 Å². The van der Waals surface area contributed by atoms with E-state index in [1.54, 1.807) is 0 Å². The van der Waals surface area contributed by atoms with Crippen LogP contribution < -0.4 is 0 Å². The summed E-state index contributed by atoms with van der Waals surface area (Å²) < 4.78 is 10.5. The number of hydrogen-bond donors (Lipinski definition) is 2. The normalized spacial score (nSPS) is 49.6. The molecule has 2 aliphatic rings. The lowest BCUT2D eigenvalue weighted by atomic mass is 10.0. The molecule has 2 heterocycles. The van der Waals surface area contributed by atoms with Gasteiger partial charge in [0, 0.05) is 5.92 Å². The first-order valence-electron chi connectivity index (χ1n) is 3.85. The summed E-state index contributed by atoms with van der Waals surface area (Å²) in [5.74, 6) is 0.0529. The number of rotatable bonds is 1. The van der Waals surface area contributed by atoms with Gasteiger partial charge in [-0.15, -0.1) is 0 Å². The van der Waals surface area contributed by atoms with E-state index >= 15 is 0 Å². The number of hydrogen-bond acceptors (Lipinski definition) is 4. The minimum absolute atomic E-state index is 0.0529. The van der Waals surface area contributed by atoms with E-state index in [0.717, 1.165) is 0 Å². The summed E-state index contributed by atoms with van der Waals surface area (Å²) in [5, 5.41) is 18.1. The molecule has 0 aromatic rings. The van der Waals surface area contributed by atoms with E-state index in [1.165, 1.54) is 0 Å². The van der Waals surface area contributed by atoms with Gasteiger partial charge in [-0.1, -0.05) is 0 Å². The first-order valence-corrected chi connectivity index (χ1v) is 3.85. The Morgan fingerprint density at radius 3 is 2.64 bits per heavy atom. The number of aliphatic hydroxyl groups is 2. The topological polar surface area (TPSA) is 58.9 Å². The first kappa shape index (κ1) is 7.49. The molecule has 64 valence electrons. The van der Waals surface area contributed by atoms with E-state index in [0.29, 0.717) is 13.2 Å². The Morgan fingerprint density at radius 1 is 1.18 bits per heavy atom. The maximum atomic E-state index is 9.28. The lowest BCUT2D eigenvalue weighted by Gasteiger charge is -2.12. The van der Waals surface area contributed by atoms with Gasteiger partial charge in [0.1, 0.15) is 12.2 Å². The van der Waals surface area contributed by atoms with Crippen molar-refractivity contribution in [1.82, 2.24) is 0 Å². The van der Waals surface area contributed by atoms with E-state index in [9.17, 15) is 5.11 Å². The Balaban J connectivity index is 2.04. The van der Waals surface area contributed by atoms with Gasteiger partial charge in [0.2, 0.25) is 0 Å². The van der Waals surface area contributed by atoms with E-state index in [1.807, 2.05) is 0 Å². The third-order valence-electron chi connectivity index (χ3n) is 2.36. The van der Waals surface area contributed by atoms with Crippen LogP contribution in [0.5, 0.6) is 0 Å². The molecule has 2 rings (SSSR count). The molecule has 2 fully saturated rings. The van der Waals surface area contributed by atoms with Crippen LogP contribution in [-0.4, -0.2) is 48.3 Å². The number of aliphatic hydroxyl groups excluding tert-OH is 2. The molecule has 2 N–H and O–H groups in total. The maximum Gasteiger partial charge on any atom is 0.112 e. The molecule has 0 aromatic carbocycles. The Kier molecular flexibility index (Phi) is 1.85. The molecule has 4 nitrogen and oxygen atoms in total. The van der Waals surface area contributed by atoms with Gasteiger partial charge in [0.15, 0.2) is 0 Å². The molecule has 0 radical (unpaired) electrons. The van der Waals surface area contributed by atoms with Crippen LogP contribution in [0.3, 0.4) is 0 Å². The molecule has 0 aromatic heterocycles. The van der Waals surface area contributed by atoms with Crippen molar-refractivity contribution in [3.05, 3.63) is 0 Å². The average molecular weight is 160 g/mol. The quantitative estimate of drug-likeness (QED) is 0.503. The predicted molar refractivity (Wildman–Crippen MR) is 36.1 cm³/mol. The Morgan fingerprint density at radius 2 is 1.91 bits per heavy atom. The van der Waals surface area contributed by atoms with Crippen molar-refractivity contribution in [3.8, 4) is 0 Å². The van der Waals surface area contributed by atoms with E-state index in [4.69, 9.17) is 14.6 Å². The molecular weight excluding hydrogens is 148 g/mol. The highest BCUT2D eigenvalue weighted by molar-refractivity contribution is 4.93. The average Bonchev–Trinajstić information content (AvgIpc) is 2.53. The van der Waals surface area contributed by atoms with Crippen molar-refractivity contribution in [2.75, 3.05) is 19.8 Å². The molecule has 0 saturated carbocycles. The minimum Gasteiger partial charge on any atom is -0.396 e. The summed E-state index contributed by atoms with van der Waals surface area (Å²) in [6.07, 6.45) is -0.793. The summed E-state index contributed by atoms with van der Waals surface area (Å²) in [4.78, 5) is 0. The van der Waals surface area contributed by atoms with Crippen molar-refractivity contribution in [3.63, 3.8) is 0 Å². The third kappa shape index (κ3) is 1.06. The van der Waals surface area contributed by atoms with Crippen LogP contribution in [0.25, 0.3) is 0 Å². The van der Waals surface area contributed by atoms with Crippen molar-refractivity contribution in [1.29, 1.82) is 0 Å². The Labute approximate surface area is 64.7 Å². The smallest absolute Gasteiger partial charge is 0.112 e. The minimum atomic E-state index is -0.503. The second-order valence-electron chi connectivity index (χ2n) is 3.11. The zero-order valence-corrected chi connectivity index (χ0v) is 6.14. The van der Waals surface area contributed by atoms with Crippen LogP contribution in [0, 0.1) is 5.92 Å². The summed E-state index contributed by atoms with van der Waals surface area (Å²) >= 11 is 0. The molecule has 2 aliphatic heterocycles. The van der Waals surface area contributed by atoms with Gasteiger partial charge < -0.3 is 19.7 Å². The number of ether oxygens (including phenoxy) is 2. The van der Waals surface area contributed by atoms with Crippen molar-refractivity contribution < 1.29 is 19.7 Å². The van der Waals surface area contributed by atoms with Gasteiger partial charge in [0.05, 0.1) is 25.9 Å². The van der Waals surface area contributed by atoms with Crippen LogP contribution in [0.1, 0.15) is 0 Å². The maximum absolute atomic E-state index is 9.28. The van der Waals surface area contributed by atoms with Gasteiger partial charge in [-0.05, 0) is 0 Å². The SMILES string of the molecule is OCC1CO[C@@H]2[C@H](O)CO[C@H]12. The van der Waals surface area contributed by atoms with Gasteiger partial charge >= 0.3 is 0 Å². The van der Waals surface area contributed by atoms with E-state index in [2.05, 4.69) is 0 Å². The van der Waals surface area contributed by atoms with Gasteiger partial charge in [0.25, 0.3) is 0 Å². The highest BCUT2D eigenvalue weighted by atomic mass is 16.6. The lowest BCUT2D eigenvalue weighted by molar-refractivity contribution is 0.0146. The Hall–Kier alpha value is -0.160. The van der Waals surface area contributed by atoms with Crippen LogP contribution in [-0.2, 0) is 9.47 Å². The van der Waals surface area contributed by atoms with E-state index in [-0.39, 0.29) is 24.7 Å². The predicted octanol–water partition coefficient (Wildman–Crippen LogP) is -1.25. The summed E-state index contributed by atoms with van der Waals surface area (Å²) in [5.41, 5.74) is 0. The molecule has 11 heavy (non-hydrogen) atoms. The molecular formula is C7H12O4. The fourth-order valence-corrected chi connectivity index (χ4v) is 1.71. The largest absolute Gasteiger partial charge is 0.396 e. The van der Waals surface area contributed by atoms with Gasteiger partial charge in [-0.3, -0.25) is 0 Å². The fourth-order valence-electron chi connectivity index (χ4n) is 1.71. The van der Waals surface area contributed by atoms with Gasteiger partial charge in [-0.2, -0.15) is 0 Å². The molecule has 0 amide bonds. The molecule has 0 spiro atoms. The van der Waals surface area contributed by atoms with Crippen LogP contribution in [0.4, 0.5) is 0 Å².